The number of hydrogen-bond donors (Lipinski definition) is 1. The molecule has 1 aromatic carbocycles. The molecule has 8 heteroatoms. The van der Waals surface area contributed by atoms with E-state index in [-0.39, 0.29) is 23.8 Å². The molecule has 1 saturated heterocycles. The minimum absolute atomic E-state index is 0.0205. The second-order valence-corrected chi connectivity index (χ2v) is 10.5. The van der Waals surface area contributed by atoms with E-state index < -0.39 is 5.60 Å². The lowest BCUT2D eigenvalue weighted by molar-refractivity contribution is -0.128. The molecule has 8 nitrogen and oxygen atoms in total. The fourth-order valence-corrected chi connectivity index (χ4v) is 5.10. The Labute approximate surface area is 208 Å². The monoisotopic (exact) mass is 482 g/mol. The third-order valence-electron chi connectivity index (χ3n) is 6.97. The van der Waals surface area contributed by atoms with Crippen molar-refractivity contribution in [1.82, 2.24) is 15.2 Å². The average molecular weight is 483 g/mol. The standard InChI is InChI=1S/C27H38N4O4/c1-6-18-7-8-22-20(15-18)24-23(16-29-22)34-14-13-30(24)11-9-19-10-12-31(17-21(19)25(32)28-5)26(33)35-27(2,3)4/h7-8,15-16,19,21H,6,9-14,17H2,1-5H3,(H,28,32)/t19?,21-/m1/s1. The maximum absolute atomic E-state index is 12.8. The van der Waals surface area contributed by atoms with Gasteiger partial charge in [-0.05, 0) is 63.6 Å². The van der Waals surface area contributed by atoms with E-state index in [1.165, 1.54) is 5.56 Å². The molecule has 2 aliphatic heterocycles. The Morgan fingerprint density at radius 2 is 2.06 bits per heavy atom. The maximum Gasteiger partial charge on any atom is 0.410 e. The first-order valence-corrected chi connectivity index (χ1v) is 12.7. The summed E-state index contributed by atoms with van der Waals surface area (Å²) in [7, 11) is 1.66. The highest BCUT2D eigenvalue weighted by Gasteiger charge is 2.37. The molecule has 2 aliphatic rings. The predicted octanol–water partition coefficient (Wildman–Crippen LogP) is 4.01. The average Bonchev–Trinajstić information content (AvgIpc) is 2.85. The van der Waals surface area contributed by atoms with Gasteiger partial charge in [-0.3, -0.25) is 9.78 Å². The molecule has 2 atom stereocenters. The maximum atomic E-state index is 12.8. The van der Waals surface area contributed by atoms with Crippen LogP contribution in [0.5, 0.6) is 5.75 Å². The van der Waals surface area contributed by atoms with E-state index in [9.17, 15) is 9.59 Å². The summed E-state index contributed by atoms with van der Waals surface area (Å²) in [6.45, 7) is 10.9. The quantitative estimate of drug-likeness (QED) is 0.693. The Morgan fingerprint density at radius 3 is 2.77 bits per heavy atom. The lowest BCUT2D eigenvalue weighted by Crippen LogP contribution is -2.50. The predicted molar refractivity (Wildman–Crippen MR) is 137 cm³/mol. The number of nitrogens with one attached hydrogen (secondary N) is 1. The second kappa shape index (κ2) is 10.3. The number of amides is 2. The highest BCUT2D eigenvalue weighted by atomic mass is 16.6. The Kier molecular flexibility index (Phi) is 7.38. The Hall–Kier alpha value is -3.03. The molecule has 1 aromatic heterocycles. The van der Waals surface area contributed by atoms with Crippen LogP contribution >= 0.6 is 0 Å². The van der Waals surface area contributed by atoms with Crippen LogP contribution in [0.15, 0.2) is 24.4 Å². The number of fused-ring (bicyclic) bond motifs is 3. The van der Waals surface area contributed by atoms with Gasteiger partial charge in [0, 0.05) is 32.1 Å². The molecule has 1 N–H and O–H groups in total. The van der Waals surface area contributed by atoms with Crippen LogP contribution in [-0.2, 0) is 16.0 Å². The number of aryl methyl sites for hydroxylation is 1. The molecule has 190 valence electrons. The van der Waals surface area contributed by atoms with Gasteiger partial charge in [0.1, 0.15) is 12.2 Å². The van der Waals surface area contributed by atoms with Crippen molar-refractivity contribution in [3.8, 4) is 5.75 Å². The summed E-state index contributed by atoms with van der Waals surface area (Å²) in [5.74, 6) is 0.717. The molecule has 2 aromatic rings. The molecule has 0 aliphatic carbocycles. The van der Waals surface area contributed by atoms with Crippen molar-refractivity contribution in [2.24, 2.45) is 11.8 Å². The van der Waals surface area contributed by atoms with Crippen molar-refractivity contribution < 1.29 is 19.1 Å². The number of hydrogen-bond acceptors (Lipinski definition) is 6. The number of piperidine rings is 1. The number of aromatic nitrogens is 1. The summed E-state index contributed by atoms with van der Waals surface area (Å²) in [5.41, 5.74) is 2.77. The fraction of sp³-hybridized carbons (Fsp3) is 0.593. The number of carbonyl (C=O) groups excluding carboxylic acids is 2. The number of benzene rings is 1. The minimum Gasteiger partial charge on any atom is -0.488 e. The summed E-state index contributed by atoms with van der Waals surface area (Å²) in [6, 6.07) is 6.42. The van der Waals surface area contributed by atoms with Gasteiger partial charge in [0.2, 0.25) is 5.91 Å². The highest BCUT2D eigenvalue weighted by Crippen LogP contribution is 2.39. The smallest absolute Gasteiger partial charge is 0.410 e. The van der Waals surface area contributed by atoms with Crippen LogP contribution in [0.2, 0.25) is 0 Å². The summed E-state index contributed by atoms with van der Waals surface area (Å²) in [6.07, 6.45) is 4.06. The van der Waals surface area contributed by atoms with Gasteiger partial charge in [-0.2, -0.15) is 0 Å². The Bertz CT molecular complexity index is 1080. The number of nitrogens with zero attached hydrogens (tertiary/aromatic N) is 3. The van der Waals surface area contributed by atoms with Gasteiger partial charge < -0.3 is 24.6 Å². The molecule has 4 rings (SSSR count). The molecular weight excluding hydrogens is 444 g/mol. The largest absolute Gasteiger partial charge is 0.488 e. The van der Waals surface area contributed by atoms with E-state index in [0.717, 1.165) is 54.7 Å². The van der Waals surface area contributed by atoms with Crippen molar-refractivity contribution in [2.45, 2.75) is 52.6 Å². The lowest BCUT2D eigenvalue weighted by Gasteiger charge is -2.39. The zero-order chi connectivity index (χ0) is 25.2. The molecule has 0 spiro atoms. The number of ether oxygens (including phenoxy) is 2. The molecule has 2 amide bonds. The van der Waals surface area contributed by atoms with Crippen molar-refractivity contribution in [1.29, 1.82) is 0 Å². The summed E-state index contributed by atoms with van der Waals surface area (Å²) >= 11 is 0. The Balaban J connectivity index is 1.51. The van der Waals surface area contributed by atoms with Crippen molar-refractivity contribution in [3.63, 3.8) is 0 Å². The van der Waals surface area contributed by atoms with E-state index in [1.54, 1.807) is 11.9 Å². The SMILES string of the molecule is CCc1ccc2ncc3c(c2c1)N(CCC1CCN(C(=O)OC(C)(C)C)C[C@H]1C(=O)NC)CCO3. The van der Waals surface area contributed by atoms with Crippen molar-refractivity contribution in [3.05, 3.63) is 30.0 Å². The molecule has 1 unspecified atom stereocenters. The van der Waals surface area contributed by atoms with E-state index in [2.05, 4.69) is 40.3 Å². The first-order valence-electron chi connectivity index (χ1n) is 12.7. The molecule has 0 saturated carbocycles. The fourth-order valence-electron chi connectivity index (χ4n) is 5.10. The topological polar surface area (TPSA) is 84.0 Å². The van der Waals surface area contributed by atoms with Crippen molar-refractivity contribution >= 4 is 28.6 Å². The van der Waals surface area contributed by atoms with Crippen LogP contribution in [0.1, 0.15) is 46.1 Å². The zero-order valence-corrected chi connectivity index (χ0v) is 21.6. The Morgan fingerprint density at radius 1 is 1.26 bits per heavy atom. The van der Waals surface area contributed by atoms with Crippen LogP contribution in [-0.4, -0.2) is 67.3 Å². The molecule has 35 heavy (non-hydrogen) atoms. The van der Waals surface area contributed by atoms with Gasteiger partial charge in [-0.15, -0.1) is 0 Å². The molecular formula is C27H38N4O4. The third-order valence-corrected chi connectivity index (χ3v) is 6.97. The van der Waals surface area contributed by atoms with E-state index in [1.807, 2.05) is 27.0 Å². The van der Waals surface area contributed by atoms with E-state index in [4.69, 9.17) is 9.47 Å². The third kappa shape index (κ3) is 5.63. The first-order chi connectivity index (χ1) is 16.7. The normalized spacial score (nSPS) is 20.3. The van der Waals surface area contributed by atoms with Gasteiger partial charge in [0.05, 0.1) is 29.9 Å². The summed E-state index contributed by atoms with van der Waals surface area (Å²) in [5, 5.41) is 3.92. The number of rotatable bonds is 5. The molecule has 3 heterocycles. The highest BCUT2D eigenvalue weighted by molar-refractivity contribution is 5.95. The van der Waals surface area contributed by atoms with Crippen molar-refractivity contribution in [2.75, 3.05) is 44.7 Å². The second-order valence-electron chi connectivity index (χ2n) is 10.5. The summed E-state index contributed by atoms with van der Waals surface area (Å²) < 4.78 is 11.5. The number of anilines is 1. The van der Waals surface area contributed by atoms with Gasteiger partial charge >= 0.3 is 6.09 Å². The lowest BCUT2D eigenvalue weighted by atomic mass is 9.82. The molecule has 0 bridgehead atoms. The zero-order valence-electron chi connectivity index (χ0n) is 21.6. The molecule has 0 radical (unpaired) electrons. The van der Waals surface area contributed by atoms with Crippen LogP contribution < -0.4 is 15.0 Å². The number of carbonyl (C=O) groups is 2. The van der Waals surface area contributed by atoms with E-state index in [0.29, 0.717) is 19.7 Å². The number of pyridine rings is 1. The summed E-state index contributed by atoms with van der Waals surface area (Å²) in [4.78, 5) is 34.1. The van der Waals surface area contributed by atoms with Crippen LogP contribution in [0, 0.1) is 11.8 Å². The van der Waals surface area contributed by atoms with Crippen LogP contribution in [0.3, 0.4) is 0 Å². The van der Waals surface area contributed by atoms with Crippen LogP contribution in [0.25, 0.3) is 10.9 Å². The van der Waals surface area contributed by atoms with Gasteiger partial charge in [0.15, 0.2) is 5.75 Å². The number of likely N-dealkylation sites (tertiary alicyclic amines) is 1. The van der Waals surface area contributed by atoms with Gasteiger partial charge in [0.25, 0.3) is 0 Å². The first kappa shape index (κ1) is 25.1. The van der Waals surface area contributed by atoms with Gasteiger partial charge in [-0.1, -0.05) is 13.0 Å². The van der Waals surface area contributed by atoms with Gasteiger partial charge in [-0.25, -0.2) is 4.79 Å². The van der Waals surface area contributed by atoms with E-state index >= 15 is 0 Å². The minimum atomic E-state index is -0.560. The van der Waals surface area contributed by atoms with Crippen LogP contribution in [0.4, 0.5) is 10.5 Å². The molecule has 1 fully saturated rings.